The Kier molecular flexibility index (Phi) is 4.05. The van der Waals surface area contributed by atoms with Crippen LogP contribution in [-0.4, -0.2) is 19.5 Å². The molecule has 2 nitrogen and oxygen atoms in total. The van der Waals surface area contributed by atoms with Gasteiger partial charge in [0.1, 0.15) is 6.29 Å². The van der Waals surface area contributed by atoms with E-state index in [1.54, 1.807) is 6.08 Å². The number of hydrogen-bond donors (Lipinski definition) is 0. The van der Waals surface area contributed by atoms with E-state index >= 15 is 0 Å². The van der Waals surface area contributed by atoms with E-state index in [-0.39, 0.29) is 0 Å². The molecule has 0 N–H and O–H groups in total. The normalized spacial score (nSPS) is 56.9. The Morgan fingerprint density at radius 1 is 1.07 bits per heavy atom. The van der Waals surface area contributed by atoms with Gasteiger partial charge in [-0.05, 0) is 104 Å². The SMILES string of the molecule is CO[C@@H]1C[C@H]2[C@@H]3CC[C@H]([C@H](C)/C=C/C=O)[C@@]3(C)CC[C@@H]2[C@@]2(C)CC[C@H]3C[C@]312. The molecule has 5 aliphatic carbocycles. The van der Waals surface area contributed by atoms with Crippen molar-refractivity contribution in [3.8, 4) is 0 Å². The van der Waals surface area contributed by atoms with Gasteiger partial charge < -0.3 is 4.74 Å². The molecular formula is C25H38O2. The van der Waals surface area contributed by atoms with Gasteiger partial charge >= 0.3 is 0 Å². The Balaban J connectivity index is 1.46. The van der Waals surface area contributed by atoms with Gasteiger partial charge in [0.05, 0.1) is 6.10 Å². The molecule has 27 heavy (non-hydrogen) atoms. The Morgan fingerprint density at radius 3 is 2.59 bits per heavy atom. The summed E-state index contributed by atoms with van der Waals surface area (Å²) in [5.74, 6) is 4.86. The monoisotopic (exact) mass is 370 g/mol. The first-order valence-corrected chi connectivity index (χ1v) is 11.6. The summed E-state index contributed by atoms with van der Waals surface area (Å²) in [5.41, 5.74) is 1.52. The number of carbonyl (C=O) groups excluding carboxylic acids is 1. The smallest absolute Gasteiger partial charge is 0.142 e. The summed E-state index contributed by atoms with van der Waals surface area (Å²) in [6.07, 6.45) is 16.6. The molecule has 0 radical (unpaired) electrons. The third-order valence-electron chi connectivity index (χ3n) is 11.0. The van der Waals surface area contributed by atoms with Crippen LogP contribution < -0.4 is 0 Å². The summed E-state index contributed by atoms with van der Waals surface area (Å²) in [4.78, 5) is 10.8. The molecule has 5 saturated carbocycles. The van der Waals surface area contributed by atoms with Crippen molar-refractivity contribution in [1.82, 2.24) is 0 Å². The average Bonchev–Trinajstić information content (AvgIpc) is 3.16. The minimum Gasteiger partial charge on any atom is -0.381 e. The number of carbonyl (C=O) groups is 1. The van der Waals surface area contributed by atoms with Gasteiger partial charge in [0.25, 0.3) is 0 Å². The van der Waals surface area contributed by atoms with Crippen molar-refractivity contribution in [1.29, 1.82) is 0 Å². The van der Waals surface area contributed by atoms with Gasteiger partial charge in [0.15, 0.2) is 0 Å². The number of allylic oxidation sites excluding steroid dienone is 2. The molecule has 0 unspecified atom stereocenters. The minimum atomic E-state index is 0.453. The zero-order valence-electron chi connectivity index (χ0n) is 17.7. The molecule has 0 amide bonds. The van der Waals surface area contributed by atoms with Gasteiger partial charge in [-0.15, -0.1) is 0 Å². The Morgan fingerprint density at radius 2 is 1.89 bits per heavy atom. The molecule has 0 aromatic carbocycles. The van der Waals surface area contributed by atoms with Crippen molar-refractivity contribution in [3.05, 3.63) is 12.2 Å². The number of hydrogen-bond acceptors (Lipinski definition) is 2. The zero-order valence-corrected chi connectivity index (χ0v) is 17.7. The van der Waals surface area contributed by atoms with E-state index in [2.05, 4.69) is 26.8 Å². The highest BCUT2D eigenvalue weighted by atomic mass is 16.5. The second-order valence-corrected chi connectivity index (χ2v) is 11.3. The zero-order chi connectivity index (χ0) is 19.0. The van der Waals surface area contributed by atoms with E-state index in [4.69, 9.17) is 4.74 Å². The highest BCUT2D eigenvalue weighted by Gasteiger charge is 2.77. The van der Waals surface area contributed by atoms with E-state index in [1.807, 2.05) is 7.11 Å². The largest absolute Gasteiger partial charge is 0.381 e. The van der Waals surface area contributed by atoms with Crippen LogP contribution in [0.15, 0.2) is 12.2 Å². The molecule has 0 bridgehead atoms. The third kappa shape index (κ3) is 2.15. The number of rotatable bonds is 4. The fourth-order valence-corrected chi connectivity index (χ4v) is 9.84. The molecule has 0 heterocycles. The summed E-state index contributed by atoms with van der Waals surface area (Å²) in [7, 11) is 1.99. The van der Waals surface area contributed by atoms with Crippen LogP contribution in [0.25, 0.3) is 0 Å². The van der Waals surface area contributed by atoms with Gasteiger partial charge in [-0.1, -0.05) is 26.8 Å². The predicted octanol–water partition coefficient (Wildman–Crippen LogP) is 5.66. The highest BCUT2D eigenvalue weighted by molar-refractivity contribution is 5.64. The van der Waals surface area contributed by atoms with Crippen molar-refractivity contribution in [2.75, 3.05) is 7.11 Å². The summed E-state index contributed by atoms with van der Waals surface area (Å²) in [5, 5.41) is 0. The van der Waals surface area contributed by atoms with E-state index in [9.17, 15) is 4.79 Å². The second kappa shape index (κ2) is 5.94. The number of aldehydes is 1. The van der Waals surface area contributed by atoms with E-state index in [0.29, 0.717) is 28.3 Å². The summed E-state index contributed by atoms with van der Waals surface area (Å²) in [6.45, 7) is 7.60. The van der Waals surface area contributed by atoms with Gasteiger partial charge in [-0.3, -0.25) is 4.79 Å². The molecule has 2 heteroatoms. The fraction of sp³-hybridized carbons (Fsp3) is 0.880. The summed E-state index contributed by atoms with van der Waals surface area (Å²) in [6, 6.07) is 0. The van der Waals surface area contributed by atoms with Crippen molar-refractivity contribution in [3.63, 3.8) is 0 Å². The molecule has 0 aromatic rings. The van der Waals surface area contributed by atoms with Crippen LogP contribution in [-0.2, 0) is 9.53 Å². The Hall–Kier alpha value is -0.630. The first-order valence-electron chi connectivity index (χ1n) is 11.6. The molecular weight excluding hydrogens is 332 g/mol. The number of ether oxygens (including phenoxy) is 1. The third-order valence-corrected chi connectivity index (χ3v) is 11.0. The lowest BCUT2D eigenvalue weighted by atomic mass is 9.45. The van der Waals surface area contributed by atoms with Crippen molar-refractivity contribution >= 4 is 6.29 Å². The molecule has 1 spiro atoms. The van der Waals surface area contributed by atoms with Crippen LogP contribution in [0.4, 0.5) is 0 Å². The van der Waals surface area contributed by atoms with E-state index < -0.39 is 0 Å². The van der Waals surface area contributed by atoms with Crippen LogP contribution in [0.3, 0.4) is 0 Å². The van der Waals surface area contributed by atoms with Crippen LogP contribution in [0.1, 0.15) is 72.1 Å². The molecule has 5 fully saturated rings. The van der Waals surface area contributed by atoms with Crippen LogP contribution in [0.5, 0.6) is 0 Å². The summed E-state index contributed by atoms with van der Waals surface area (Å²) < 4.78 is 6.22. The lowest BCUT2D eigenvalue weighted by Gasteiger charge is -2.61. The van der Waals surface area contributed by atoms with Crippen LogP contribution in [0, 0.1) is 51.8 Å². The molecule has 5 rings (SSSR count). The molecule has 0 aromatic heterocycles. The van der Waals surface area contributed by atoms with Crippen LogP contribution in [0.2, 0.25) is 0 Å². The lowest BCUT2D eigenvalue weighted by molar-refractivity contribution is -0.160. The number of methoxy groups -OCH3 is 1. The molecule has 150 valence electrons. The topological polar surface area (TPSA) is 26.3 Å². The molecule has 10 atom stereocenters. The quantitative estimate of drug-likeness (QED) is 0.471. The van der Waals surface area contributed by atoms with Gasteiger partial charge in [0, 0.05) is 12.5 Å². The maximum atomic E-state index is 10.8. The fourth-order valence-electron chi connectivity index (χ4n) is 9.84. The van der Waals surface area contributed by atoms with Gasteiger partial charge in [-0.2, -0.15) is 0 Å². The first kappa shape index (κ1) is 18.4. The standard InChI is InChI=1S/C25H38O2/c1-16(6-5-13-26)19-7-8-20-18-14-22(27-4)25-15-17(25)9-12-24(25,3)21(18)10-11-23(19,20)2/h5-6,13,16-22H,7-12,14-15H2,1-4H3/b6-5+/t16-,17+,18+,19-,20+,21+,22-,23-,24-,25+/m1/s1. The van der Waals surface area contributed by atoms with E-state index in [1.165, 1.54) is 51.4 Å². The highest BCUT2D eigenvalue weighted by Crippen LogP contribution is 2.82. The lowest BCUT2D eigenvalue weighted by Crippen LogP contribution is -2.57. The van der Waals surface area contributed by atoms with Crippen molar-refractivity contribution < 1.29 is 9.53 Å². The maximum absolute atomic E-state index is 10.8. The summed E-state index contributed by atoms with van der Waals surface area (Å²) >= 11 is 0. The van der Waals surface area contributed by atoms with Gasteiger partial charge in [-0.25, -0.2) is 0 Å². The second-order valence-electron chi connectivity index (χ2n) is 11.3. The first-order chi connectivity index (χ1) is 12.9. The Bertz CT molecular complexity index is 655. The van der Waals surface area contributed by atoms with Crippen molar-refractivity contribution in [2.45, 2.75) is 78.2 Å². The maximum Gasteiger partial charge on any atom is 0.142 e. The van der Waals surface area contributed by atoms with Crippen molar-refractivity contribution in [2.24, 2.45) is 51.8 Å². The average molecular weight is 371 g/mol. The van der Waals surface area contributed by atoms with E-state index in [0.717, 1.165) is 35.9 Å². The van der Waals surface area contributed by atoms with Crippen LogP contribution >= 0.6 is 0 Å². The molecule has 0 saturated heterocycles. The molecule has 5 aliphatic rings. The number of fused-ring (bicyclic) bond motifs is 4. The minimum absolute atomic E-state index is 0.453. The molecule has 0 aliphatic heterocycles. The Labute approximate surface area is 165 Å². The van der Waals surface area contributed by atoms with Gasteiger partial charge in [0.2, 0.25) is 0 Å². The predicted molar refractivity (Wildman–Crippen MR) is 108 cm³/mol.